The van der Waals surface area contributed by atoms with Crippen LogP contribution in [0.5, 0.6) is 0 Å². The van der Waals surface area contributed by atoms with E-state index in [1.54, 1.807) is 12.4 Å². The molecule has 0 aliphatic rings. The van der Waals surface area contributed by atoms with E-state index in [9.17, 15) is 4.79 Å². The summed E-state index contributed by atoms with van der Waals surface area (Å²) in [6.45, 7) is 2.47. The van der Waals surface area contributed by atoms with Gasteiger partial charge < -0.3 is 4.74 Å². The van der Waals surface area contributed by atoms with Crippen molar-refractivity contribution >= 4 is 5.97 Å². The third-order valence-corrected chi connectivity index (χ3v) is 1.54. The molecule has 0 unspecified atom stereocenters. The summed E-state index contributed by atoms with van der Waals surface area (Å²) in [4.78, 5) is 15.0. The van der Waals surface area contributed by atoms with E-state index in [-0.39, 0.29) is 5.97 Å². The molecule has 1 heterocycles. The van der Waals surface area contributed by atoms with Crippen LogP contribution in [0.3, 0.4) is 0 Å². The molecule has 0 N–H and O–H groups in total. The second kappa shape index (κ2) is 5.30. The van der Waals surface area contributed by atoms with Crippen LogP contribution in [-0.2, 0) is 16.0 Å². The lowest BCUT2D eigenvalue weighted by Gasteiger charge is -2.01. The number of hydrogen-bond donors (Lipinski definition) is 0. The molecule has 0 radical (unpaired) electrons. The molecule has 0 amide bonds. The molecule has 0 bridgehead atoms. The van der Waals surface area contributed by atoms with Crippen LogP contribution in [0, 0.1) is 0 Å². The van der Waals surface area contributed by atoms with Gasteiger partial charge >= 0.3 is 5.97 Å². The van der Waals surface area contributed by atoms with Gasteiger partial charge in [-0.05, 0) is 18.1 Å². The Kier molecular flexibility index (Phi) is 3.96. The lowest BCUT2D eigenvalue weighted by Crippen LogP contribution is -2.08. The molecule has 13 heavy (non-hydrogen) atoms. The predicted octanol–water partition coefficient (Wildman–Crippen LogP) is 1.58. The summed E-state index contributed by atoms with van der Waals surface area (Å²) in [5.74, 6) is -0.185. The Bertz CT molecular complexity index is 259. The van der Waals surface area contributed by atoms with Gasteiger partial charge in [0, 0.05) is 12.4 Å². The molecule has 0 aliphatic carbocycles. The molecule has 0 saturated heterocycles. The van der Waals surface area contributed by atoms with Crippen LogP contribution in [0.25, 0.3) is 0 Å². The summed E-state index contributed by atoms with van der Waals surface area (Å²) in [5, 5.41) is 0. The van der Waals surface area contributed by atoms with Crippen LogP contribution in [-0.4, -0.2) is 17.6 Å². The van der Waals surface area contributed by atoms with Gasteiger partial charge in [-0.25, -0.2) is 0 Å². The molecule has 1 rings (SSSR count). The highest BCUT2D eigenvalue weighted by Gasteiger charge is 2.02. The Hall–Kier alpha value is -1.38. The van der Waals surface area contributed by atoms with Gasteiger partial charge in [0.05, 0.1) is 13.0 Å². The highest BCUT2D eigenvalue weighted by Crippen LogP contribution is 1.98. The van der Waals surface area contributed by atoms with Crippen molar-refractivity contribution in [2.75, 3.05) is 6.61 Å². The first-order valence-corrected chi connectivity index (χ1v) is 4.37. The smallest absolute Gasteiger partial charge is 0.310 e. The summed E-state index contributed by atoms with van der Waals surface area (Å²) in [7, 11) is 0. The number of hydrogen-bond acceptors (Lipinski definition) is 3. The Labute approximate surface area is 77.8 Å². The Morgan fingerprint density at radius 2 is 2.46 bits per heavy atom. The van der Waals surface area contributed by atoms with Crippen LogP contribution in [0.15, 0.2) is 24.5 Å². The molecular weight excluding hydrogens is 166 g/mol. The van der Waals surface area contributed by atoms with Crippen molar-refractivity contribution in [1.29, 1.82) is 0 Å². The van der Waals surface area contributed by atoms with E-state index >= 15 is 0 Å². The number of esters is 1. The average Bonchev–Trinajstić information content (AvgIpc) is 2.16. The van der Waals surface area contributed by atoms with Gasteiger partial charge in [-0.2, -0.15) is 0 Å². The molecule has 0 fully saturated rings. The molecule has 1 aromatic rings. The summed E-state index contributed by atoms with van der Waals surface area (Å²) in [5.41, 5.74) is 0.892. The number of nitrogens with zero attached hydrogens (tertiary/aromatic N) is 1. The molecule has 3 nitrogen and oxygen atoms in total. The van der Waals surface area contributed by atoms with Crippen LogP contribution in [0.1, 0.15) is 18.9 Å². The second-order valence-corrected chi connectivity index (χ2v) is 2.76. The first-order chi connectivity index (χ1) is 6.33. The molecule has 0 aliphatic heterocycles. The number of ether oxygens (including phenoxy) is 1. The molecule has 0 spiro atoms. The van der Waals surface area contributed by atoms with Crippen molar-refractivity contribution in [3.63, 3.8) is 0 Å². The van der Waals surface area contributed by atoms with Gasteiger partial charge in [0.1, 0.15) is 0 Å². The highest BCUT2D eigenvalue weighted by molar-refractivity contribution is 5.72. The van der Waals surface area contributed by atoms with E-state index in [0.717, 1.165) is 12.0 Å². The number of rotatable bonds is 4. The molecule has 70 valence electrons. The normalized spacial score (nSPS) is 9.62. The number of carbonyl (C=O) groups excluding carboxylic acids is 1. The summed E-state index contributed by atoms with van der Waals surface area (Å²) in [6.07, 6.45) is 4.53. The highest BCUT2D eigenvalue weighted by atomic mass is 16.5. The van der Waals surface area contributed by atoms with E-state index in [4.69, 9.17) is 4.74 Å². The zero-order valence-corrected chi connectivity index (χ0v) is 7.69. The first kappa shape index (κ1) is 9.71. The number of carbonyl (C=O) groups is 1. The molecule has 0 saturated carbocycles. The third kappa shape index (κ3) is 3.69. The lowest BCUT2D eigenvalue weighted by molar-refractivity contribution is -0.142. The predicted molar refractivity (Wildman–Crippen MR) is 49.2 cm³/mol. The van der Waals surface area contributed by atoms with E-state index in [0.29, 0.717) is 13.0 Å². The zero-order valence-electron chi connectivity index (χ0n) is 7.69. The fraction of sp³-hybridized carbons (Fsp3) is 0.400. The van der Waals surface area contributed by atoms with E-state index in [2.05, 4.69) is 4.98 Å². The molecular formula is C10H13NO2. The zero-order chi connectivity index (χ0) is 9.52. The van der Waals surface area contributed by atoms with E-state index in [1.165, 1.54) is 0 Å². The van der Waals surface area contributed by atoms with Crippen molar-refractivity contribution in [2.24, 2.45) is 0 Å². The quantitative estimate of drug-likeness (QED) is 0.659. The minimum Gasteiger partial charge on any atom is -0.465 e. The van der Waals surface area contributed by atoms with Crippen molar-refractivity contribution in [2.45, 2.75) is 19.8 Å². The van der Waals surface area contributed by atoms with Gasteiger partial charge in [-0.1, -0.05) is 13.0 Å². The second-order valence-electron chi connectivity index (χ2n) is 2.76. The standard InChI is InChI=1S/C10H13NO2/c1-2-6-13-10(12)7-9-4-3-5-11-8-9/h3-5,8H,2,6-7H2,1H3. The average molecular weight is 179 g/mol. The van der Waals surface area contributed by atoms with Crippen LogP contribution < -0.4 is 0 Å². The molecule has 1 aromatic heterocycles. The van der Waals surface area contributed by atoms with Gasteiger partial charge in [0.2, 0.25) is 0 Å². The summed E-state index contributed by atoms with van der Waals surface area (Å²) >= 11 is 0. The largest absolute Gasteiger partial charge is 0.465 e. The maximum Gasteiger partial charge on any atom is 0.310 e. The van der Waals surface area contributed by atoms with E-state index in [1.807, 2.05) is 19.1 Å². The Morgan fingerprint density at radius 1 is 1.62 bits per heavy atom. The number of aromatic nitrogens is 1. The van der Waals surface area contributed by atoms with Crippen LogP contribution in [0.2, 0.25) is 0 Å². The molecule has 0 atom stereocenters. The third-order valence-electron chi connectivity index (χ3n) is 1.54. The molecule has 3 heteroatoms. The van der Waals surface area contributed by atoms with Crippen LogP contribution in [0.4, 0.5) is 0 Å². The SMILES string of the molecule is CCCOC(=O)Cc1cccnc1. The maximum atomic E-state index is 11.1. The van der Waals surface area contributed by atoms with Crippen molar-refractivity contribution in [3.05, 3.63) is 30.1 Å². The summed E-state index contributed by atoms with van der Waals surface area (Å²) < 4.78 is 4.93. The minimum absolute atomic E-state index is 0.185. The topological polar surface area (TPSA) is 39.2 Å². The van der Waals surface area contributed by atoms with Crippen molar-refractivity contribution in [1.82, 2.24) is 4.98 Å². The molecule has 0 aromatic carbocycles. The van der Waals surface area contributed by atoms with Crippen molar-refractivity contribution in [3.8, 4) is 0 Å². The van der Waals surface area contributed by atoms with E-state index < -0.39 is 0 Å². The number of pyridine rings is 1. The Morgan fingerprint density at radius 3 is 3.08 bits per heavy atom. The summed E-state index contributed by atoms with van der Waals surface area (Å²) in [6, 6.07) is 3.67. The van der Waals surface area contributed by atoms with Gasteiger partial charge in [-0.3, -0.25) is 9.78 Å². The van der Waals surface area contributed by atoms with Gasteiger partial charge in [-0.15, -0.1) is 0 Å². The lowest BCUT2D eigenvalue weighted by atomic mass is 10.2. The Balaban J connectivity index is 2.37. The fourth-order valence-electron chi connectivity index (χ4n) is 0.936. The first-order valence-electron chi connectivity index (χ1n) is 4.37. The van der Waals surface area contributed by atoms with Crippen LogP contribution >= 0.6 is 0 Å². The fourth-order valence-corrected chi connectivity index (χ4v) is 0.936. The monoisotopic (exact) mass is 179 g/mol. The van der Waals surface area contributed by atoms with Crippen molar-refractivity contribution < 1.29 is 9.53 Å². The minimum atomic E-state index is -0.185. The van der Waals surface area contributed by atoms with Gasteiger partial charge in [0.25, 0.3) is 0 Å². The van der Waals surface area contributed by atoms with Gasteiger partial charge in [0.15, 0.2) is 0 Å². The maximum absolute atomic E-state index is 11.1.